The molecule has 1 aliphatic carbocycles. The minimum Gasteiger partial charge on any atom is -0.349 e. The molecule has 0 aliphatic heterocycles. The molecular formula is C13H19N3O. The zero-order valence-corrected chi connectivity index (χ0v) is 10.1. The van der Waals surface area contributed by atoms with E-state index in [2.05, 4.69) is 10.3 Å². The lowest BCUT2D eigenvalue weighted by molar-refractivity contribution is 0.0925. The molecule has 92 valence electrons. The number of nitrogens with one attached hydrogen (secondary N) is 1. The largest absolute Gasteiger partial charge is 0.349 e. The summed E-state index contributed by atoms with van der Waals surface area (Å²) in [4.78, 5) is 16.0. The van der Waals surface area contributed by atoms with Gasteiger partial charge >= 0.3 is 0 Å². The molecule has 1 amide bonds. The molecule has 2 rings (SSSR count). The maximum Gasteiger partial charge on any atom is 0.253 e. The molecule has 1 saturated carbocycles. The van der Waals surface area contributed by atoms with Gasteiger partial charge < -0.3 is 11.1 Å². The Morgan fingerprint density at radius 1 is 1.35 bits per heavy atom. The summed E-state index contributed by atoms with van der Waals surface area (Å²) in [5.41, 5.74) is 7.48. The zero-order chi connectivity index (χ0) is 12.3. The summed E-state index contributed by atoms with van der Waals surface area (Å²) in [5.74, 6) is -0.0262. The highest BCUT2D eigenvalue weighted by molar-refractivity contribution is 5.94. The number of aryl methyl sites for hydroxylation is 1. The van der Waals surface area contributed by atoms with Crippen LogP contribution in [-0.2, 0) is 0 Å². The summed E-state index contributed by atoms with van der Waals surface area (Å²) in [6.45, 7) is 1.93. The van der Waals surface area contributed by atoms with Crippen LogP contribution >= 0.6 is 0 Å². The minimum atomic E-state index is -0.0262. The first kappa shape index (κ1) is 12.0. The molecule has 0 bridgehead atoms. The second-order valence-electron chi connectivity index (χ2n) is 4.84. The van der Waals surface area contributed by atoms with Gasteiger partial charge in [0.1, 0.15) is 0 Å². The summed E-state index contributed by atoms with van der Waals surface area (Å²) in [6, 6.07) is 2.43. The first-order chi connectivity index (χ1) is 8.15. The van der Waals surface area contributed by atoms with E-state index in [1.165, 1.54) is 0 Å². The van der Waals surface area contributed by atoms with Crippen LogP contribution in [-0.4, -0.2) is 23.0 Å². The van der Waals surface area contributed by atoms with Gasteiger partial charge in [0.25, 0.3) is 5.91 Å². The number of nitrogens with zero attached hydrogens (tertiary/aromatic N) is 1. The van der Waals surface area contributed by atoms with Crippen LogP contribution in [0.15, 0.2) is 18.5 Å². The summed E-state index contributed by atoms with van der Waals surface area (Å²) in [5, 5.41) is 3.05. The third kappa shape index (κ3) is 3.27. The predicted octanol–water partition coefficient (Wildman–Crippen LogP) is 1.39. The molecule has 1 aliphatic rings. The molecule has 1 aromatic rings. The third-order valence-corrected chi connectivity index (χ3v) is 3.24. The maximum atomic E-state index is 12.0. The van der Waals surface area contributed by atoms with E-state index in [4.69, 9.17) is 5.73 Å². The first-order valence-electron chi connectivity index (χ1n) is 6.13. The topological polar surface area (TPSA) is 68.0 Å². The molecule has 3 N–H and O–H groups in total. The average Bonchev–Trinajstić information content (AvgIpc) is 2.32. The second kappa shape index (κ2) is 5.27. The molecule has 1 aromatic heterocycles. The van der Waals surface area contributed by atoms with Gasteiger partial charge in [-0.3, -0.25) is 9.78 Å². The Morgan fingerprint density at radius 3 is 2.71 bits per heavy atom. The lowest BCUT2D eigenvalue weighted by atomic mass is 9.91. The first-order valence-corrected chi connectivity index (χ1v) is 6.13. The molecule has 0 atom stereocenters. The van der Waals surface area contributed by atoms with E-state index in [-0.39, 0.29) is 11.9 Å². The van der Waals surface area contributed by atoms with Gasteiger partial charge in [-0.15, -0.1) is 0 Å². The van der Waals surface area contributed by atoms with E-state index in [0.29, 0.717) is 11.6 Å². The van der Waals surface area contributed by atoms with Crippen LogP contribution in [0.3, 0.4) is 0 Å². The van der Waals surface area contributed by atoms with E-state index in [9.17, 15) is 4.79 Å². The molecule has 1 heterocycles. The number of pyridine rings is 1. The Hall–Kier alpha value is -1.42. The van der Waals surface area contributed by atoms with Crippen molar-refractivity contribution in [1.82, 2.24) is 10.3 Å². The Balaban J connectivity index is 1.93. The quantitative estimate of drug-likeness (QED) is 0.811. The van der Waals surface area contributed by atoms with Gasteiger partial charge in [-0.05, 0) is 44.2 Å². The monoisotopic (exact) mass is 233 g/mol. The number of hydrogen-bond acceptors (Lipinski definition) is 3. The SMILES string of the molecule is Cc1cncc(C(=O)NC2CCC(N)CC2)c1. The van der Waals surface area contributed by atoms with Crippen LogP contribution in [0, 0.1) is 6.92 Å². The maximum absolute atomic E-state index is 12.0. The van der Waals surface area contributed by atoms with E-state index < -0.39 is 0 Å². The lowest BCUT2D eigenvalue weighted by Crippen LogP contribution is -2.40. The van der Waals surface area contributed by atoms with E-state index >= 15 is 0 Å². The summed E-state index contributed by atoms with van der Waals surface area (Å²) in [7, 11) is 0. The summed E-state index contributed by atoms with van der Waals surface area (Å²) >= 11 is 0. The highest BCUT2D eigenvalue weighted by Crippen LogP contribution is 2.17. The molecule has 1 fully saturated rings. The second-order valence-corrected chi connectivity index (χ2v) is 4.84. The van der Waals surface area contributed by atoms with Crippen LogP contribution < -0.4 is 11.1 Å². The van der Waals surface area contributed by atoms with Gasteiger partial charge in [0.15, 0.2) is 0 Å². The molecule has 4 nitrogen and oxygen atoms in total. The van der Waals surface area contributed by atoms with E-state index in [1.807, 2.05) is 13.0 Å². The Kier molecular flexibility index (Phi) is 3.74. The standard InChI is InChI=1S/C13H19N3O/c1-9-6-10(8-15-7-9)13(17)16-12-4-2-11(14)3-5-12/h6-8,11-12H,2-5,14H2,1H3,(H,16,17). The van der Waals surface area contributed by atoms with E-state index in [0.717, 1.165) is 31.2 Å². The molecule has 17 heavy (non-hydrogen) atoms. The predicted molar refractivity (Wildman–Crippen MR) is 66.7 cm³/mol. The molecule has 0 aromatic carbocycles. The van der Waals surface area contributed by atoms with Crippen molar-refractivity contribution >= 4 is 5.91 Å². The van der Waals surface area contributed by atoms with Crippen molar-refractivity contribution in [1.29, 1.82) is 0 Å². The fourth-order valence-electron chi connectivity index (χ4n) is 2.21. The lowest BCUT2D eigenvalue weighted by Gasteiger charge is -2.26. The van der Waals surface area contributed by atoms with Gasteiger partial charge in [0, 0.05) is 24.5 Å². The number of carbonyl (C=O) groups is 1. The van der Waals surface area contributed by atoms with Gasteiger partial charge in [0.05, 0.1) is 5.56 Å². The zero-order valence-electron chi connectivity index (χ0n) is 10.1. The molecular weight excluding hydrogens is 214 g/mol. The van der Waals surface area contributed by atoms with Crippen molar-refractivity contribution < 1.29 is 4.79 Å². The average molecular weight is 233 g/mol. The molecule has 0 saturated heterocycles. The van der Waals surface area contributed by atoms with Crippen LogP contribution in [0.5, 0.6) is 0 Å². The summed E-state index contributed by atoms with van der Waals surface area (Å²) < 4.78 is 0. The van der Waals surface area contributed by atoms with Crippen molar-refractivity contribution in [2.75, 3.05) is 0 Å². The van der Waals surface area contributed by atoms with Gasteiger partial charge in [0.2, 0.25) is 0 Å². The van der Waals surface area contributed by atoms with Crippen LogP contribution in [0.4, 0.5) is 0 Å². The van der Waals surface area contributed by atoms with Crippen molar-refractivity contribution in [3.63, 3.8) is 0 Å². The van der Waals surface area contributed by atoms with Crippen molar-refractivity contribution in [3.05, 3.63) is 29.6 Å². The third-order valence-electron chi connectivity index (χ3n) is 3.24. The molecule has 0 spiro atoms. The number of aromatic nitrogens is 1. The Morgan fingerprint density at radius 2 is 2.06 bits per heavy atom. The highest BCUT2D eigenvalue weighted by Gasteiger charge is 2.20. The normalized spacial score (nSPS) is 24.4. The van der Waals surface area contributed by atoms with Crippen LogP contribution in [0.25, 0.3) is 0 Å². The van der Waals surface area contributed by atoms with Gasteiger partial charge in [-0.1, -0.05) is 0 Å². The smallest absolute Gasteiger partial charge is 0.253 e. The molecule has 4 heteroatoms. The number of rotatable bonds is 2. The van der Waals surface area contributed by atoms with Crippen molar-refractivity contribution in [2.45, 2.75) is 44.7 Å². The number of carbonyl (C=O) groups excluding carboxylic acids is 1. The van der Waals surface area contributed by atoms with Crippen LogP contribution in [0.2, 0.25) is 0 Å². The Labute approximate surface area is 102 Å². The molecule has 0 unspecified atom stereocenters. The fourth-order valence-corrected chi connectivity index (χ4v) is 2.21. The summed E-state index contributed by atoms with van der Waals surface area (Å²) in [6.07, 6.45) is 7.31. The van der Waals surface area contributed by atoms with Gasteiger partial charge in [-0.25, -0.2) is 0 Å². The fraction of sp³-hybridized carbons (Fsp3) is 0.538. The molecule has 0 radical (unpaired) electrons. The highest BCUT2D eigenvalue weighted by atomic mass is 16.1. The number of hydrogen-bond donors (Lipinski definition) is 2. The van der Waals surface area contributed by atoms with Crippen molar-refractivity contribution in [3.8, 4) is 0 Å². The van der Waals surface area contributed by atoms with E-state index in [1.54, 1.807) is 12.4 Å². The van der Waals surface area contributed by atoms with Crippen molar-refractivity contribution in [2.24, 2.45) is 5.73 Å². The number of amides is 1. The Bertz CT molecular complexity index is 397. The number of nitrogens with two attached hydrogens (primary N) is 1. The van der Waals surface area contributed by atoms with Gasteiger partial charge in [-0.2, -0.15) is 0 Å². The minimum absolute atomic E-state index is 0.0262. The van der Waals surface area contributed by atoms with Crippen LogP contribution in [0.1, 0.15) is 41.6 Å².